The number of nitrogens with two attached hydrogens (primary N) is 1. The average molecular weight is 135 g/mol. The Morgan fingerprint density at radius 1 is 1.60 bits per heavy atom. The molecule has 0 spiro atoms. The summed E-state index contributed by atoms with van der Waals surface area (Å²) < 4.78 is 0. The number of hydrogen-bond acceptors (Lipinski definition) is 3. The molecule has 0 amide bonds. The van der Waals surface area contributed by atoms with Gasteiger partial charge in [-0.25, -0.2) is 9.97 Å². The SMILES string of the molecule is NC1CCc2cncnc21. The lowest BCUT2D eigenvalue weighted by Crippen LogP contribution is -2.06. The summed E-state index contributed by atoms with van der Waals surface area (Å²) in [5, 5.41) is 0. The van der Waals surface area contributed by atoms with Crippen LogP contribution < -0.4 is 5.73 Å². The van der Waals surface area contributed by atoms with Crippen molar-refractivity contribution in [3.05, 3.63) is 23.8 Å². The van der Waals surface area contributed by atoms with Crippen LogP contribution in [0.2, 0.25) is 0 Å². The molecule has 1 aliphatic carbocycles. The standard InChI is InChI=1S/C7H9N3/c8-6-2-1-5-3-9-4-10-7(5)6/h3-4,6H,1-2,8H2. The molecule has 0 radical (unpaired) electrons. The summed E-state index contributed by atoms with van der Waals surface area (Å²) in [4.78, 5) is 8.03. The van der Waals surface area contributed by atoms with E-state index in [9.17, 15) is 0 Å². The monoisotopic (exact) mass is 135 g/mol. The van der Waals surface area contributed by atoms with Crippen LogP contribution in [0, 0.1) is 0 Å². The molecule has 1 aromatic heterocycles. The number of aryl methyl sites for hydroxylation is 1. The molecule has 3 heteroatoms. The fourth-order valence-electron chi connectivity index (χ4n) is 1.34. The van der Waals surface area contributed by atoms with E-state index in [-0.39, 0.29) is 6.04 Å². The molecule has 3 nitrogen and oxygen atoms in total. The van der Waals surface area contributed by atoms with Gasteiger partial charge >= 0.3 is 0 Å². The van der Waals surface area contributed by atoms with Gasteiger partial charge in [-0.3, -0.25) is 0 Å². The molecular weight excluding hydrogens is 126 g/mol. The van der Waals surface area contributed by atoms with Crippen molar-refractivity contribution >= 4 is 0 Å². The Hall–Kier alpha value is -0.960. The normalized spacial score (nSPS) is 22.7. The molecule has 0 saturated carbocycles. The lowest BCUT2D eigenvalue weighted by atomic mass is 10.2. The molecule has 1 atom stereocenters. The largest absolute Gasteiger partial charge is 0.323 e. The third-order valence-electron chi connectivity index (χ3n) is 1.90. The van der Waals surface area contributed by atoms with Gasteiger partial charge in [-0.15, -0.1) is 0 Å². The zero-order valence-corrected chi connectivity index (χ0v) is 5.62. The lowest BCUT2D eigenvalue weighted by molar-refractivity contribution is 0.697. The van der Waals surface area contributed by atoms with Gasteiger partial charge in [0.1, 0.15) is 6.33 Å². The predicted molar refractivity (Wildman–Crippen MR) is 37.3 cm³/mol. The van der Waals surface area contributed by atoms with Crippen molar-refractivity contribution in [2.24, 2.45) is 5.73 Å². The van der Waals surface area contributed by atoms with Crippen molar-refractivity contribution in [2.45, 2.75) is 18.9 Å². The predicted octanol–water partition coefficient (Wildman–Crippen LogP) is 0.423. The van der Waals surface area contributed by atoms with Crippen LogP contribution in [0.4, 0.5) is 0 Å². The van der Waals surface area contributed by atoms with E-state index in [2.05, 4.69) is 9.97 Å². The minimum atomic E-state index is 0.151. The number of aromatic nitrogens is 2. The maximum atomic E-state index is 5.76. The number of fused-ring (bicyclic) bond motifs is 1. The van der Waals surface area contributed by atoms with Gasteiger partial charge in [0.2, 0.25) is 0 Å². The summed E-state index contributed by atoms with van der Waals surface area (Å²) in [6.07, 6.45) is 5.48. The Morgan fingerprint density at radius 3 is 3.30 bits per heavy atom. The van der Waals surface area contributed by atoms with E-state index in [4.69, 9.17) is 5.73 Å². The Morgan fingerprint density at radius 2 is 2.50 bits per heavy atom. The molecule has 0 saturated heterocycles. The zero-order chi connectivity index (χ0) is 6.97. The van der Waals surface area contributed by atoms with Crippen LogP contribution in [0.1, 0.15) is 23.7 Å². The van der Waals surface area contributed by atoms with Crippen molar-refractivity contribution in [1.29, 1.82) is 0 Å². The van der Waals surface area contributed by atoms with Crippen molar-refractivity contribution in [3.8, 4) is 0 Å². The molecule has 2 rings (SSSR count). The summed E-state index contributed by atoms with van der Waals surface area (Å²) in [7, 11) is 0. The van der Waals surface area contributed by atoms with E-state index in [0.717, 1.165) is 18.5 Å². The molecule has 0 aliphatic heterocycles. The van der Waals surface area contributed by atoms with Crippen LogP contribution in [-0.4, -0.2) is 9.97 Å². The Labute approximate surface area is 59.3 Å². The first-order valence-electron chi connectivity index (χ1n) is 3.42. The van der Waals surface area contributed by atoms with E-state index in [1.165, 1.54) is 5.56 Å². The van der Waals surface area contributed by atoms with Crippen LogP contribution in [0.25, 0.3) is 0 Å². The van der Waals surface area contributed by atoms with Gasteiger partial charge < -0.3 is 5.73 Å². The van der Waals surface area contributed by atoms with Gasteiger partial charge in [0.25, 0.3) is 0 Å². The summed E-state index contributed by atoms with van der Waals surface area (Å²) >= 11 is 0. The van der Waals surface area contributed by atoms with Crippen LogP contribution in [0.3, 0.4) is 0 Å². The van der Waals surface area contributed by atoms with E-state index < -0.39 is 0 Å². The number of rotatable bonds is 0. The quantitative estimate of drug-likeness (QED) is 0.561. The van der Waals surface area contributed by atoms with Crippen molar-refractivity contribution in [1.82, 2.24) is 9.97 Å². The summed E-state index contributed by atoms with van der Waals surface area (Å²) in [6.45, 7) is 0. The second-order valence-corrected chi connectivity index (χ2v) is 2.58. The highest BCUT2D eigenvalue weighted by atomic mass is 14.9. The second-order valence-electron chi connectivity index (χ2n) is 2.58. The third-order valence-corrected chi connectivity index (χ3v) is 1.90. The van der Waals surface area contributed by atoms with Crippen molar-refractivity contribution in [2.75, 3.05) is 0 Å². The molecule has 0 aromatic carbocycles. The molecule has 0 bridgehead atoms. The Kier molecular flexibility index (Phi) is 1.17. The highest BCUT2D eigenvalue weighted by Gasteiger charge is 2.19. The third kappa shape index (κ3) is 0.708. The first-order valence-corrected chi connectivity index (χ1v) is 3.42. The van der Waals surface area contributed by atoms with Gasteiger partial charge in [-0.1, -0.05) is 0 Å². The first kappa shape index (κ1) is 5.80. The minimum Gasteiger partial charge on any atom is -0.323 e. The molecule has 1 aromatic rings. The maximum absolute atomic E-state index is 5.76. The van der Waals surface area contributed by atoms with Crippen LogP contribution >= 0.6 is 0 Å². The fourth-order valence-corrected chi connectivity index (χ4v) is 1.34. The smallest absolute Gasteiger partial charge is 0.115 e. The first-order chi connectivity index (χ1) is 4.88. The molecule has 10 heavy (non-hydrogen) atoms. The van der Waals surface area contributed by atoms with E-state index in [1.807, 2.05) is 6.20 Å². The summed E-state index contributed by atoms with van der Waals surface area (Å²) in [5.74, 6) is 0. The number of hydrogen-bond donors (Lipinski definition) is 1. The summed E-state index contributed by atoms with van der Waals surface area (Å²) in [6, 6.07) is 0.151. The van der Waals surface area contributed by atoms with Gasteiger partial charge in [0.05, 0.1) is 5.69 Å². The number of nitrogens with zero attached hydrogens (tertiary/aromatic N) is 2. The van der Waals surface area contributed by atoms with E-state index >= 15 is 0 Å². The maximum Gasteiger partial charge on any atom is 0.115 e. The summed E-state index contributed by atoms with van der Waals surface area (Å²) in [5.41, 5.74) is 8.01. The molecule has 52 valence electrons. The van der Waals surface area contributed by atoms with Gasteiger partial charge in [-0.05, 0) is 18.4 Å². The van der Waals surface area contributed by atoms with Crippen LogP contribution in [0.15, 0.2) is 12.5 Å². The average Bonchev–Trinajstić information content (AvgIpc) is 2.34. The molecule has 1 unspecified atom stereocenters. The van der Waals surface area contributed by atoms with Gasteiger partial charge in [0.15, 0.2) is 0 Å². The van der Waals surface area contributed by atoms with Crippen molar-refractivity contribution in [3.63, 3.8) is 0 Å². The molecule has 0 fully saturated rings. The Bertz CT molecular complexity index is 246. The fraction of sp³-hybridized carbons (Fsp3) is 0.429. The molecular formula is C7H9N3. The molecule has 1 aliphatic rings. The lowest BCUT2D eigenvalue weighted by Gasteiger charge is -1.99. The second kappa shape index (κ2) is 2.02. The highest BCUT2D eigenvalue weighted by Crippen LogP contribution is 2.25. The van der Waals surface area contributed by atoms with Gasteiger partial charge in [-0.2, -0.15) is 0 Å². The highest BCUT2D eigenvalue weighted by molar-refractivity contribution is 5.24. The van der Waals surface area contributed by atoms with Crippen LogP contribution in [-0.2, 0) is 6.42 Å². The van der Waals surface area contributed by atoms with E-state index in [0.29, 0.717) is 0 Å². The van der Waals surface area contributed by atoms with Crippen molar-refractivity contribution < 1.29 is 0 Å². The van der Waals surface area contributed by atoms with E-state index in [1.54, 1.807) is 6.33 Å². The van der Waals surface area contributed by atoms with Crippen LogP contribution in [0.5, 0.6) is 0 Å². The molecule has 2 N–H and O–H groups in total. The minimum absolute atomic E-state index is 0.151. The van der Waals surface area contributed by atoms with Gasteiger partial charge in [0, 0.05) is 12.2 Å². The topological polar surface area (TPSA) is 51.8 Å². The zero-order valence-electron chi connectivity index (χ0n) is 5.62. The Balaban J connectivity index is 2.51. The molecule has 1 heterocycles.